The molecule has 1 N–H and O–H groups in total. The van der Waals surface area contributed by atoms with Crippen molar-refractivity contribution in [2.24, 2.45) is 0 Å². The van der Waals surface area contributed by atoms with E-state index >= 15 is 0 Å². The largest absolute Gasteiger partial charge is 0.444 e. The number of nitrogens with zero attached hydrogens (tertiary/aromatic N) is 1. The zero-order valence-corrected chi connectivity index (χ0v) is 10.3. The van der Waals surface area contributed by atoms with Gasteiger partial charge in [-0.2, -0.15) is 0 Å². The zero-order valence-electron chi connectivity index (χ0n) is 10.3. The zero-order chi connectivity index (χ0) is 13.7. The number of anilines is 1. The Kier molecular flexibility index (Phi) is 3.84. The quantitative estimate of drug-likeness (QED) is 0.857. The lowest BCUT2D eigenvalue weighted by atomic mass is 10.2. The third-order valence-electron chi connectivity index (χ3n) is 2.43. The average molecular weight is 256 g/mol. The lowest BCUT2D eigenvalue weighted by Crippen LogP contribution is -2.14. The van der Waals surface area contributed by atoms with Crippen LogP contribution in [0.1, 0.15) is 17.0 Å². The molecule has 0 spiro atoms. The van der Waals surface area contributed by atoms with Gasteiger partial charge in [-0.05, 0) is 18.4 Å². The molecule has 2 rings (SSSR count). The van der Waals surface area contributed by atoms with Gasteiger partial charge in [-0.1, -0.05) is 35.5 Å². The number of benzene rings is 1. The second kappa shape index (κ2) is 5.74. The summed E-state index contributed by atoms with van der Waals surface area (Å²) in [6.07, 6.45) is 4.62. The fraction of sp³-hybridized carbons (Fsp3) is 0.143. The molecule has 0 atom stereocenters. The summed E-state index contributed by atoms with van der Waals surface area (Å²) < 4.78 is 9.92. The summed E-state index contributed by atoms with van der Waals surface area (Å²) in [5.41, 5.74) is 1.77. The van der Waals surface area contributed by atoms with E-state index in [9.17, 15) is 4.79 Å². The first-order valence-corrected chi connectivity index (χ1v) is 5.61. The van der Waals surface area contributed by atoms with Crippen molar-refractivity contribution in [3.63, 3.8) is 0 Å². The van der Waals surface area contributed by atoms with Crippen molar-refractivity contribution in [3.8, 4) is 12.3 Å². The maximum absolute atomic E-state index is 11.6. The highest BCUT2D eigenvalue weighted by Crippen LogP contribution is 2.19. The molecule has 0 unspecified atom stereocenters. The Labute approximate surface area is 110 Å². The van der Waals surface area contributed by atoms with Crippen LogP contribution in [0.5, 0.6) is 0 Å². The van der Waals surface area contributed by atoms with Crippen LogP contribution in [-0.2, 0) is 11.3 Å². The number of hydrogen-bond acceptors (Lipinski definition) is 4. The van der Waals surface area contributed by atoms with Crippen molar-refractivity contribution in [3.05, 3.63) is 47.3 Å². The summed E-state index contributed by atoms with van der Waals surface area (Å²) in [5.74, 6) is 2.47. The minimum absolute atomic E-state index is 0.175. The Balaban J connectivity index is 1.95. The topological polar surface area (TPSA) is 64.4 Å². The van der Waals surface area contributed by atoms with Gasteiger partial charge < -0.3 is 9.26 Å². The van der Waals surface area contributed by atoms with Crippen molar-refractivity contribution in [2.75, 3.05) is 5.32 Å². The molecule has 1 heterocycles. The van der Waals surface area contributed by atoms with Crippen molar-refractivity contribution >= 4 is 11.8 Å². The molecule has 19 heavy (non-hydrogen) atoms. The van der Waals surface area contributed by atoms with Crippen LogP contribution in [0.4, 0.5) is 10.5 Å². The van der Waals surface area contributed by atoms with E-state index in [1.807, 2.05) is 30.3 Å². The number of carbonyl (C=O) groups is 1. The third-order valence-corrected chi connectivity index (χ3v) is 2.43. The van der Waals surface area contributed by atoms with E-state index in [0.29, 0.717) is 11.4 Å². The second-order valence-electron chi connectivity index (χ2n) is 3.80. The highest BCUT2D eigenvalue weighted by Gasteiger charge is 2.14. The van der Waals surface area contributed by atoms with Gasteiger partial charge in [-0.3, -0.25) is 5.32 Å². The molecule has 0 saturated carbocycles. The van der Waals surface area contributed by atoms with Gasteiger partial charge in [0.2, 0.25) is 5.76 Å². The molecular weight excluding hydrogens is 244 g/mol. The van der Waals surface area contributed by atoms with E-state index in [1.165, 1.54) is 0 Å². The monoisotopic (exact) mass is 256 g/mol. The van der Waals surface area contributed by atoms with Crippen molar-refractivity contribution in [2.45, 2.75) is 13.5 Å². The van der Waals surface area contributed by atoms with Gasteiger partial charge in [0, 0.05) is 0 Å². The van der Waals surface area contributed by atoms with Gasteiger partial charge in [-0.25, -0.2) is 4.79 Å². The van der Waals surface area contributed by atoms with Gasteiger partial charge >= 0.3 is 6.09 Å². The number of terminal acetylenes is 1. The molecule has 0 bridgehead atoms. The first-order chi connectivity index (χ1) is 9.20. The predicted molar refractivity (Wildman–Crippen MR) is 69.4 cm³/mol. The minimum Gasteiger partial charge on any atom is -0.444 e. The van der Waals surface area contributed by atoms with Crippen LogP contribution in [0.25, 0.3) is 0 Å². The average Bonchev–Trinajstić information content (AvgIpc) is 2.78. The Morgan fingerprint density at radius 3 is 2.89 bits per heavy atom. The standard InChI is InChI=1S/C14H12N2O3/c1-3-12-13(10(2)16-19-12)15-14(17)18-9-11-7-5-4-6-8-11/h1,4-8H,9H2,2H3,(H,15,17). The normalized spacial score (nSPS) is 9.68. The summed E-state index contributed by atoms with van der Waals surface area (Å²) in [6.45, 7) is 1.86. The maximum Gasteiger partial charge on any atom is 0.412 e. The number of carbonyl (C=O) groups excluding carboxylic acids is 1. The molecular formula is C14H12N2O3. The molecule has 0 aliphatic heterocycles. The van der Waals surface area contributed by atoms with Crippen LogP contribution >= 0.6 is 0 Å². The highest BCUT2D eigenvalue weighted by molar-refractivity contribution is 5.86. The van der Waals surface area contributed by atoms with Crippen LogP contribution in [-0.4, -0.2) is 11.2 Å². The van der Waals surface area contributed by atoms with E-state index < -0.39 is 6.09 Å². The van der Waals surface area contributed by atoms with E-state index in [-0.39, 0.29) is 12.4 Å². The molecule has 1 aromatic carbocycles. The molecule has 0 aliphatic rings. The Morgan fingerprint density at radius 2 is 2.21 bits per heavy atom. The number of aryl methyl sites for hydroxylation is 1. The molecule has 1 aromatic heterocycles. The fourth-order valence-corrected chi connectivity index (χ4v) is 1.48. The molecule has 96 valence electrons. The second-order valence-corrected chi connectivity index (χ2v) is 3.80. The molecule has 0 radical (unpaired) electrons. The predicted octanol–water partition coefficient (Wildman–Crippen LogP) is 2.71. The number of ether oxygens (including phenoxy) is 1. The van der Waals surface area contributed by atoms with Crippen molar-refractivity contribution in [1.82, 2.24) is 5.16 Å². The minimum atomic E-state index is -0.605. The molecule has 0 fully saturated rings. The third kappa shape index (κ3) is 3.13. The van der Waals surface area contributed by atoms with Crippen LogP contribution < -0.4 is 5.32 Å². The summed E-state index contributed by atoms with van der Waals surface area (Å²) in [6, 6.07) is 9.37. The molecule has 5 nitrogen and oxygen atoms in total. The highest BCUT2D eigenvalue weighted by atomic mass is 16.5. The van der Waals surface area contributed by atoms with Gasteiger partial charge in [0.15, 0.2) is 0 Å². The SMILES string of the molecule is C#Cc1onc(C)c1NC(=O)OCc1ccccc1. The summed E-state index contributed by atoms with van der Waals surface area (Å²) >= 11 is 0. The van der Waals surface area contributed by atoms with E-state index in [1.54, 1.807) is 6.92 Å². The molecule has 0 saturated heterocycles. The first kappa shape index (κ1) is 12.7. The van der Waals surface area contributed by atoms with E-state index in [0.717, 1.165) is 5.56 Å². The Bertz CT molecular complexity index is 611. The van der Waals surface area contributed by atoms with Gasteiger partial charge in [0.1, 0.15) is 18.0 Å². The lowest BCUT2D eigenvalue weighted by Gasteiger charge is -2.06. The van der Waals surface area contributed by atoms with Crippen molar-refractivity contribution < 1.29 is 14.1 Å². The van der Waals surface area contributed by atoms with Crippen molar-refractivity contribution in [1.29, 1.82) is 0 Å². The van der Waals surface area contributed by atoms with E-state index in [2.05, 4.69) is 16.4 Å². The van der Waals surface area contributed by atoms with Crippen LogP contribution in [0.15, 0.2) is 34.9 Å². The summed E-state index contributed by atoms with van der Waals surface area (Å²) in [5, 5.41) is 6.19. The van der Waals surface area contributed by atoms with E-state index in [4.69, 9.17) is 15.7 Å². The van der Waals surface area contributed by atoms with Crippen LogP contribution in [0.3, 0.4) is 0 Å². The van der Waals surface area contributed by atoms with Crippen LogP contribution in [0.2, 0.25) is 0 Å². The number of rotatable bonds is 3. The number of amides is 1. The van der Waals surface area contributed by atoms with Gasteiger partial charge in [0.05, 0.1) is 0 Å². The number of hydrogen-bond donors (Lipinski definition) is 1. The fourth-order valence-electron chi connectivity index (χ4n) is 1.48. The lowest BCUT2D eigenvalue weighted by molar-refractivity contribution is 0.155. The molecule has 0 aliphatic carbocycles. The molecule has 2 aromatic rings. The van der Waals surface area contributed by atoms with Crippen LogP contribution in [0, 0.1) is 19.3 Å². The Morgan fingerprint density at radius 1 is 1.47 bits per heavy atom. The Hall–Kier alpha value is -2.74. The molecule has 1 amide bonds. The number of aromatic nitrogens is 1. The summed E-state index contributed by atoms with van der Waals surface area (Å²) in [7, 11) is 0. The smallest absolute Gasteiger partial charge is 0.412 e. The van der Waals surface area contributed by atoms with Gasteiger partial charge in [-0.15, -0.1) is 6.42 Å². The molecule has 5 heteroatoms. The first-order valence-electron chi connectivity index (χ1n) is 5.61. The van der Waals surface area contributed by atoms with Gasteiger partial charge in [0.25, 0.3) is 0 Å². The summed E-state index contributed by atoms with van der Waals surface area (Å²) in [4.78, 5) is 11.6. The maximum atomic E-state index is 11.6. The number of nitrogens with one attached hydrogen (secondary N) is 1.